The molecule has 0 saturated heterocycles. The van der Waals surface area contributed by atoms with E-state index in [1.807, 2.05) is 26.0 Å². The van der Waals surface area contributed by atoms with Crippen molar-refractivity contribution in [2.45, 2.75) is 32.6 Å². The summed E-state index contributed by atoms with van der Waals surface area (Å²) in [5.74, 6) is -0.218. The van der Waals surface area contributed by atoms with Gasteiger partial charge in [0.25, 0.3) is 5.91 Å². The lowest BCUT2D eigenvalue weighted by atomic mass is 10.0. The third kappa shape index (κ3) is 3.12. The molecule has 1 aromatic heterocycles. The van der Waals surface area contributed by atoms with E-state index in [4.69, 9.17) is 0 Å². The molecule has 26 heavy (non-hydrogen) atoms. The first-order chi connectivity index (χ1) is 12.5. The van der Waals surface area contributed by atoms with Crippen LogP contribution < -0.4 is 5.32 Å². The number of aromatic nitrogens is 2. The highest BCUT2D eigenvalue weighted by molar-refractivity contribution is 6.06. The molecule has 1 aliphatic carbocycles. The number of halogens is 1. The van der Waals surface area contributed by atoms with E-state index >= 15 is 0 Å². The SMILES string of the molecule is Cc1ccc(-c2n[nH]c(C3CC3)c2NC(=O)c2ccc(F)cc2)c(C)c1. The molecule has 4 nitrogen and oxygen atoms in total. The average molecular weight is 349 g/mol. The van der Waals surface area contributed by atoms with Crippen LogP contribution in [0.25, 0.3) is 11.3 Å². The molecule has 0 unspecified atom stereocenters. The number of nitrogens with zero attached hydrogens (tertiary/aromatic N) is 1. The Labute approximate surface area is 151 Å². The van der Waals surface area contributed by atoms with Gasteiger partial charge in [-0.05, 0) is 56.5 Å². The third-order valence-electron chi connectivity index (χ3n) is 4.76. The highest BCUT2D eigenvalue weighted by atomic mass is 19.1. The van der Waals surface area contributed by atoms with Gasteiger partial charge in [-0.15, -0.1) is 0 Å². The maximum Gasteiger partial charge on any atom is 0.255 e. The van der Waals surface area contributed by atoms with E-state index in [9.17, 15) is 9.18 Å². The van der Waals surface area contributed by atoms with Crippen molar-refractivity contribution < 1.29 is 9.18 Å². The molecule has 1 heterocycles. The van der Waals surface area contributed by atoms with E-state index in [1.165, 1.54) is 29.8 Å². The van der Waals surface area contributed by atoms with Crippen molar-refractivity contribution in [3.63, 3.8) is 0 Å². The highest BCUT2D eigenvalue weighted by Gasteiger charge is 2.31. The van der Waals surface area contributed by atoms with Crippen LogP contribution in [0.2, 0.25) is 0 Å². The number of benzene rings is 2. The van der Waals surface area contributed by atoms with Gasteiger partial charge >= 0.3 is 0 Å². The normalized spacial score (nSPS) is 13.7. The van der Waals surface area contributed by atoms with Crippen LogP contribution in [-0.2, 0) is 0 Å². The van der Waals surface area contributed by atoms with Crippen LogP contribution >= 0.6 is 0 Å². The molecular formula is C21H20FN3O. The van der Waals surface area contributed by atoms with Gasteiger partial charge in [0.05, 0.1) is 11.4 Å². The molecule has 3 aromatic rings. The van der Waals surface area contributed by atoms with Crippen molar-refractivity contribution in [1.82, 2.24) is 10.2 Å². The van der Waals surface area contributed by atoms with Crippen LogP contribution in [0.5, 0.6) is 0 Å². The zero-order valence-electron chi connectivity index (χ0n) is 14.8. The van der Waals surface area contributed by atoms with Gasteiger partial charge in [-0.25, -0.2) is 4.39 Å². The van der Waals surface area contributed by atoms with E-state index in [0.717, 1.165) is 41.0 Å². The summed E-state index contributed by atoms with van der Waals surface area (Å²) in [7, 11) is 0. The average Bonchev–Trinajstić information content (AvgIpc) is 3.37. The molecule has 0 radical (unpaired) electrons. The van der Waals surface area contributed by atoms with Crippen LogP contribution in [0.4, 0.5) is 10.1 Å². The Bertz CT molecular complexity index is 971. The first-order valence-corrected chi connectivity index (χ1v) is 8.75. The molecule has 5 heteroatoms. The van der Waals surface area contributed by atoms with Gasteiger partial charge in [-0.3, -0.25) is 9.89 Å². The van der Waals surface area contributed by atoms with E-state index < -0.39 is 0 Å². The molecule has 1 amide bonds. The second kappa shape index (κ2) is 6.41. The fourth-order valence-corrected chi connectivity index (χ4v) is 3.21. The van der Waals surface area contributed by atoms with Gasteiger partial charge in [-0.2, -0.15) is 5.10 Å². The van der Waals surface area contributed by atoms with Gasteiger partial charge in [0, 0.05) is 17.0 Å². The van der Waals surface area contributed by atoms with Crippen molar-refractivity contribution in [2.24, 2.45) is 0 Å². The number of nitrogens with one attached hydrogen (secondary N) is 2. The molecule has 0 spiro atoms. The lowest BCUT2D eigenvalue weighted by Gasteiger charge is -2.10. The standard InChI is InChI=1S/C21H20FN3O/c1-12-3-10-17(13(2)11-12)19-20(18(24-25-19)14-4-5-14)23-21(26)15-6-8-16(22)9-7-15/h3,6-11,14H,4-5H2,1-2H3,(H,23,26)(H,24,25). The molecule has 132 valence electrons. The minimum atomic E-state index is -0.362. The summed E-state index contributed by atoms with van der Waals surface area (Å²) in [5.41, 5.74) is 6.15. The van der Waals surface area contributed by atoms with Gasteiger partial charge in [-0.1, -0.05) is 23.8 Å². The third-order valence-corrected chi connectivity index (χ3v) is 4.76. The molecule has 1 aliphatic rings. The number of anilines is 1. The zero-order valence-corrected chi connectivity index (χ0v) is 14.8. The van der Waals surface area contributed by atoms with Crippen molar-refractivity contribution in [2.75, 3.05) is 5.32 Å². The van der Waals surface area contributed by atoms with Gasteiger partial charge < -0.3 is 5.32 Å². The number of hydrogen-bond acceptors (Lipinski definition) is 2. The number of carbonyl (C=O) groups is 1. The minimum absolute atomic E-state index is 0.265. The van der Waals surface area contributed by atoms with Crippen molar-refractivity contribution >= 4 is 11.6 Å². The molecule has 4 rings (SSSR count). The summed E-state index contributed by atoms with van der Waals surface area (Å²) in [6.45, 7) is 4.09. The lowest BCUT2D eigenvalue weighted by Crippen LogP contribution is -2.13. The molecule has 0 aliphatic heterocycles. The summed E-state index contributed by atoms with van der Waals surface area (Å²) in [4.78, 5) is 12.7. The van der Waals surface area contributed by atoms with E-state index in [2.05, 4.69) is 21.6 Å². The number of hydrogen-bond donors (Lipinski definition) is 2. The van der Waals surface area contributed by atoms with Crippen LogP contribution in [-0.4, -0.2) is 16.1 Å². The Balaban J connectivity index is 1.73. The Morgan fingerprint density at radius 1 is 1.15 bits per heavy atom. The predicted molar refractivity (Wildman–Crippen MR) is 99.8 cm³/mol. The fraction of sp³-hybridized carbons (Fsp3) is 0.238. The first-order valence-electron chi connectivity index (χ1n) is 8.75. The number of carbonyl (C=O) groups excluding carboxylic acids is 1. The Morgan fingerprint density at radius 2 is 1.88 bits per heavy atom. The maximum absolute atomic E-state index is 13.1. The first kappa shape index (κ1) is 16.5. The van der Waals surface area contributed by atoms with E-state index in [1.54, 1.807) is 0 Å². The van der Waals surface area contributed by atoms with Gasteiger partial charge in [0.2, 0.25) is 0 Å². The number of aryl methyl sites for hydroxylation is 2. The van der Waals surface area contributed by atoms with E-state index in [-0.39, 0.29) is 11.7 Å². The molecule has 1 fully saturated rings. The van der Waals surface area contributed by atoms with Crippen LogP contribution in [0, 0.1) is 19.7 Å². The summed E-state index contributed by atoms with van der Waals surface area (Å²) < 4.78 is 13.1. The summed E-state index contributed by atoms with van der Waals surface area (Å²) >= 11 is 0. The predicted octanol–water partition coefficient (Wildman–Crippen LogP) is 4.96. The van der Waals surface area contributed by atoms with Crippen molar-refractivity contribution in [3.05, 3.63) is 70.7 Å². The van der Waals surface area contributed by atoms with Crippen molar-refractivity contribution in [3.8, 4) is 11.3 Å². The maximum atomic E-state index is 13.1. The Kier molecular flexibility index (Phi) is 4.07. The monoisotopic (exact) mass is 349 g/mol. The van der Waals surface area contributed by atoms with Gasteiger partial charge in [0.1, 0.15) is 11.5 Å². The number of rotatable bonds is 4. The molecule has 0 atom stereocenters. The number of H-pyrrole nitrogens is 1. The van der Waals surface area contributed by atoms with Crippen LogP contribution in [0.1, 0.15) is 45.9 Å². The zero-order chi connectivity index (χ0) is 18.3. The second-order valence-corrected chi connectivity index (χ2v) is 6.91. The quantitative estimate of drug-likeness (QED) is 0.699. The van der Waals surface area contributed by atoms with Crippen LogP contribution in [0.15, 0.2) is 42.5 Å². The highest BCUT2D eigenvalue weighted by Crippen LogP contribution is 2.45. The number of amides is 1. The lowest BCUT2D eigenvalue weighted by molar-refractivity contribution is 0.102. The van der Waals surface area contributed by atoms with Gasteiger partial charge in [0.15, 0.2) is 0 Å². The summed E-state index contributed by atoms with van der Waals surface area (Å²) in [6, 6.07) is 11.7. The summed E-state index contributed by atoms with van der Waals surface area (Å²) in [5, 5.41) is 10.6. The molecule has 1 saturated carbocycles. The minimum Gasteiger partial charge on any atom is -0.319 e. The molecule has 2 N–H and O–H groups in total. The topological polar surface area (TPSA) is 57.8 Å². The molecule has 2 aromatic carbocycles. The Morgan fingerprint density at radius 3 is 2.54 bits per heavy atom. The Hall–Kier alpha value is -2.95. The molecule has 0 bridgehead atoms. The largest absolute Gasteiger partial charge is 0.319 e. The van der Waals surface area contributed by atoms with Crippen molar-refractivity contribution in [1.29, 1.82) is 0 Å². The second-order valence-electron chi connectivity index (χ2n) is 6.91. The van der Waals surface area contributed by atoms with Crippen LogP contribution in [0.3, 0.4) is 0 Å². The molecular weight excluding hydrogens is 329 g/mol. The smallest absolute Gasteiger partial charge is 0.255 e. The fourth-order valence-electron chi connectivity index (χ4n) is 3.21. The summed E-state index contributed by atoms with van der Waals surface area (Å²) in [6.07, 6.45) is 2.18. The van der Waals surface area contributed by atoms with E-state index in [0.29, 0.717) is 11.5 Å². The number of aromatic amines is 1.